The van der Waals surface area contributed by atoms with Gasteiger partial charge >= 0.3 is 0 Å². The van der Waals surface area contributed by atoms with E-state index in [9.17, 15) is 0 Å². The van der Waals surface area contributed by atoms with E-state index in [1.54, 1.807) is 0 Å². The molecular weight excluding hydrogens is 731 g/mol. The van der Waals surface area contributed by atoms with Crippen LogP contribution < -0.4 is 4.90 Å². The van der Waals surface area contributed by atoms with E-state index in [0.717, 1.165) is 82.5 Å². The van der Waals surface area contributed by atoms with Gasteiger partial charge in [0.1, 0.15) is 16.7 Å². The van der Waals surface area contributed by atoms with Crippen LogP contribution in [0.4, 0.5) is 17.1 Å². The van der Waals surface area contributed by atoms with Crippen molar-refractivity contribution < 1.29 is 8.83 Å². The molecule has 10 aromatic carbocycles. The molecule has 0 atom stereocenters. The molecule has 0 unspecified atom stereocenters. The van der Waals surface area contributed by atoms with Crippen molar-refractivity contribution in [2.24, 2.45) is 0 Å². The normalized spacial score (nSPS) is 13.1. The van der Waals surface area contributed by atoms with Gasteiger partial charge in [0.25, 0.3) is 0 Å². The summed E-state index contributed by atoms with van der Waals surface area (Å²) in [6.45, 7) is 0. The highest BCUT2D eigenvalue weighted by molar-refractivity contribution is 6.22. The van der Waals surface area contributed by atoms with Gasteiger partial charge in [0.05, 0.1) is 27.9 Å². The largest absolute Gasteiger partial charge is 0.455 e. The first kappa shape index (κ1) is 33.1. The summed E-state index contributed by atoms with van der Waals surface area (Å²) in [5.41, 5.74) is 13.3. The Hall–Kier alpha value is -7.88. The van der Waals surface area contributed by atoms with Gasteiger partial charge in [-0.25, -0.2) is 0 Å². The van der Waals surface area contributed by atoms with Crippen LogP contribution in [0.25, 0.3) is 76.5 Å². The quantitative estimate of drug-likeness (QED) is 0.175. The first-order chi connectivity index (χ1) is 29.8. The standard InChI is InChI=1S/C57H35NO2/c1-3-18-38(19-4-1)57(39-20-5-2-6-21-39)46-26-12-11-24-44(46)52-47(57)27-14-28-48(52)58(49-29-15-31-51-53(49)45-35-33-37-17-8-10-23-41(37)55(45)59-51)50-30-13-25-42-43-34-32-36-16-7-9-22-40(36)54(43)60-56(42)50/h1-35H. The summed E-state index contributed by atoms with van der Waals surface area (Å²) in [5.74, 6) is 0. The maximum absolute atomic E-state index is 7.16. The topological polar surface area (TPSA) is 29.5 Å². The highest BCUT2D eigenvalue weighted by Gasteiger charge is 2.47. The SMILES string of the molecule is c1ccc(C2(c3ccccc3)c3ccccc3-c3c(N(c4cccc5c4oc4c6ccccc6ccc54)c4cccc5oc6c7ccccc7ccc6c45)cccc32)cc1. The molecule has 1 aliphatic carbocycles. The van der Waals surface area contributed by atoms with E-state index >= 15 is 0 Å². The number of nitrogens with zero attached hydrogens (tertiary/aromatic N) is 1. The molecule has 0 aliphatic heterocycles. The van der Waals surface area contributed by atoms with E-state index in [2.05, 4.69) is 217 Å². The lowest BCUT2D eigenvalue weighted by Gasteiger charge is -2.34. The molecule has 0 spiro atoms. The molecular formula is C57H35NO2. The summed E-state index contributed by atoms with van der Waals surface area (Å²) in [7, 11) is 0. The fraction of sp³-hybridized carbons (Fsp3) is 0.0175. The summed E-state index contributed by atoms with van der Waals surface area (Å²) in [6.07, 6.45) is 0. The Bertz CT molecular complexity index is 3630. The van der Waals surface area contributed by atoms with Gasteiger partial charge in [-0.15, -0.1) is 0 Å². The fourth-order valence-electron chi connectivity index (χ4n) is 10.5. The van der Waals surface area contributed by atoms with Crippen LogP contribution in [0.1, 0.15) is 22.3 Å². The minimum Gasteiger partial charge on any atom is -0.455 e. The van der Waals surface area contributed by atoms with Crippen molar-refractivity contribution in [1.29, 1.82) is 0 Å². The van der Waals surface area contributed by atoms with Gasteiger partial charge in [-0.2, -0.15) is 0 Å². The highest BCUT2D eigenvalue weighted by atomic mass is 16.3. The second-order valence-corrected chi connectivity index (χ2v) is 15.9. The smallest absolute Gasteiger partial charge is 0.159 e. The molecule has 0 fully saturated rings. The summed E-state index contributed by atoms with van der Waals surface area (Å²) >= 11 is 0. The Morgan fingerprint density at radius 1 is 0.333 bits per heavy atom. The zero-order chi connectivity index (χ0) is 39.4. The average molecular weight is 766 g/mol. The Balaban J connectivity index is 1.19. The molecule has 0 amide bonds. The number of anilines is 3. The van der Waals surface area contributed by atoms with Gasteiger partial charge in [-0.05, 0) is 75.0 Å². The zero-order valence-corrected chi connectivity index (χ0v) is 32.5. The lowest BCUT2D eigenvalue weighted by atomic mass is 9.68. The molecule has 12 aromatic rings. The van der Waals surface area contributed by atoms with Gasteiger partial charge in [0.2, 0.25) is 0 Å². The van der Waals surface area contributed by atoms with Crippen molar-refractivity contribution in [3.8, 4) is 11.1 Å². The van der Waals surface area contributed by atoms with Crippen LogP contribution in [-0.2, 0) is 5.41 Å². The first-order valence-electron chi connectivity index (χ1n) is 20.6. The molecule has 60 heavy (non-hydrogen) atoms. The maximum Gasteiger partial charge on any atom is 0.159 e. The van der Waals surface area contributed by atoms with Crippen LogP contribution in [0.2, 0.25) is 0 Å². The highest BCUT2D eigenvalue weighted by Crippen LogP contribution is 2.60. The lowest BCUT2D eigenvalue weighted by molar-refractivity contribution is 0.671. The van der Waals surface area contributed by atoms with Crippen LogP contribution in [0, 0.1) is 0 Å². The van der Waals surface area contributed by atoms with Gasteiger partial charge in [0.15, 0.2) is 5.58 Å². The molecule has 0 radical (unpaired) electrons. The number of benzene rings is 10. The number of para-hydroxylation sites is 1. The summed E-state index contributed by atoms with van der Waals surface area (Å²) in [6, 6.07) is 76.7. The monoisotopic (exact) mass is 765 g/mol. The van der Waals surface area contributed by atoms with Gasteiger partial charge < -0.3 is 13.7 Å². The number of fused-ring (bicyclic) bond motifs is 13. The molecule has 13 rings (SSSR count). The summed E-state index contributed by atoms with van der Waals surface area (Å²) in [5, 5.41) is 8.80. The third-order valence-electron chi connectivity index (χ3n) is 12.9. The van der Waals surface area contributed by atoms with Crippen LogP contribution >= 0.6 is 0 Å². The predicted octanol–water partition coefficient (Wildman–Crippen LogP) is 15.6. The molecule has 2 heterocycles. The molecule has 0 saturated carbocycles. The predicted molar refractivity (Wildman–Crippen MR) is 248 cm³/mol. The van der Waals surface area contributed by atoms with E-state index in [-0.39, 0.29) is 0 Å². The van der Waals surface area contributed by atoms with E-state index in [1.165, 1.54) is 33.4 Å². The number of hydrogen-bond donors (Lipinski definition) is 0. The van der Waals surface area contributed by atoms with Crippen LogP contribution in [-0.4, -0.2) is 0 Å². The van der Waals surface area contributed by atoms with Crippen molar-refractivity contribution in [3.05, 3.63) is 235 Å². The minimum atomic E-state index is -0.562. The maximum atomic E-state index is 7.16. The van der Waals surface area contributed by atoms with Crippen LogP contribution in [0.15, 0.2) is 221 Å². The molecule has 2 aromatic heterocycles. The number of rotatable bonds is 5. The van der Waals surface area contributed by atoms with E-state index < -0.39 is 5.41 Å². The Labute approximate surface area is 346 Å². The van der Waals surface area contributed by atoms with Crippen molar-refractivity contribution in [3.63, 3.8) is 0 Å². The van der Waals surface area contributed by atoms with Crippen molar-refractivity contribution in [1.82, 2.24) is 0 Å². The molecule has 280 valence electrons. The van der Waals surface area contributed by atoms with Gasteiger partial charge in [0, 0.05) is 32.5 Å². The Kier molecular flexibility index (Phi) is 6.93. The third-order valence-corrected chi connectivity index (χ3v) is 12.9. The van der Waals surface area contributed by atoms with Gasteiger partial charge in [-0.1, -0.05) is 176 Å². The second-order valence-electron chi connectivity index (χ2n) is 15.9. The molecule has 3 nitrogen and oxygen atoms in total. The Morgan fingerprint density at radius 3 is 1.62 bits per heavy atom. The number of furan rings is 2. The Morgan fingerprint density at radius 2 is 0.867 bits per heavy atom. The molecule has 0 bridgehead atoms. The molecule has 1 aliphatic rings. The van der Waals surface area contributed by atoms with Crippen molar-refractivity contribution >= 4 is 82.5 Å². The average Bonchev–Trinajstić information content (AvgIpc) is 4.00. The molecule has 3 heteroatoms. The van der Waals surface area contributed by atoms with Crippen molar-refractivity contribution in [2.75, 3.05) is 4.90 Å². The molecule has 0 saturated heterocycles. The molecule has 0 N–H and O–H groups in total. The van der Waals surface area contributed by atoms with E-state index in [0.29, 0.717) is 0 Å². The number of hydrogen-bond acceptors (Lipinski definition) is 3. The first-order valence-corrected chi connectivity index (χ1v) is 20.6. The van der Waals surface area contributed by atoms with Crippen molar-refractivity contribution in [2.45, 2.75) is 5.41 Å². The minimum absolute atomic E-state index is 0.562. The summed E-state index contributed by atoms with van der Waals surface area (Å²) in [4.78, 5) is 2.45. The van der Waals surface area contributed by atoms with Crippen LogP contribution in [0.3, 0.4) is 0 Å². The lowest BCUT2D eigenvalue weighted by Crippen LogP contribution is -2.28. The van der Waals surface area contributed by atoms with E-state index in [1.807, 2.05) is 0 Å². The van der Waals surface area contributed by atoms with Crippen LogP contribution in [0.5, 0.6) is 0 Å². The van der Waals surface area contributed by atoms with E-state index in [4.69, 9.17) is 8.83 Å². The zero-order valence-electron chi connectivity index (χ0n) is 32.5. The second kappa shape index (κ2) is 12.6. The van der Waals surface area contributed by atoms with Gasteiger partial charge in [-0.3, -0.25) is 0 Å². The third kappa shape index (κ3) is 4.44. The fourth-order valence-corrected chi connectivity index (χ4v) is 10.5. The summed E-state index contributed by atoms with van der Waals surface area (Å²) < 4.78 is 14.0.